The van der Waals surface area contributed by atoms with Gasteiger partial charge in [0.25, 0.3) is 5.56 Å². The molecule has 0 unspecified atom stereocenters. The minimum Gasteiger partial charge on any atom is -0.361 e. The number of H-pyrrole nitrogens is 1. The first kappa shape index (κ1) is 20.5. The molecular weight excluding hydrogens is 372 g/mol. The van der Waals surface area contributed by atoms with Gasteiger partial charge in [-0.15, -0.1) is 0 Å². The van der Waals surface area contributed by atoms with E-state index in [0.29, 0.717) is 28.5 Å². The van der Waals surface area contributed by atoms with Crippen molar-refractivity contribution < 1.29 is 9.32 Å². The molecule has 0 aliphatic heterocycles. The summed E-state index contributed by atoms with van der Waals surface area (Å²) in [4.78, 5) is 32.1. The molecule has 2 N–H and O–H groups in total. The van der Waals surface area contributed by atoms with Crippen LogP contribution in [-0.4, -0.2) is 30.8 Å². The minimum absolute atomic E-state index is 0.119. The molecule has 0 aromatic carbocycles. The Hall–Kier alpha value is -3.23. The van der Waals surface area contributed by atoms with Gasteiger partial charge in [-0.1, -0.05) is 25.9 Å². The number of carbonyl (C=O) groups is 1. The molecule has 0 aliphatic rings. The van der Waals surface area contributed by atoms with E-state index >= 15 is 0 Å². The summed E-state index contributed by atoms with van der Waals surface area (Å²) in [5.74, 6) is 1.05. The Balaban J connectivity index is 2.00. The van der Waals surface area contributed by atoms with Crippen LogP contribution in [0.15, 0.2) is 15.4 Å². The summed E-state index contributed by atoms with van der Waals surface area (Å²) in [5, 5.41) is 11.3. The molecule has 3 aromatic rings. The maximum Gasteiger partial charge on any atom is 0.255 e. The average Bonchev–Trinajstić information content (AvgIpc) is 3.18. The zero-order chi connectivity index (χ0) is 21.5. The van der Waals surface area contributed by atoms with Crippen LogP contribution in [0, 0.1) is 27.7 Å². The molecule has 0 radical (unpaired) electrons. The SMILES string of the molecule is Cc1noc(C)c1CC(=O)Nc1cc(C(C)(C)C)nn1-c1nc(C)c(C)c(=O)[nH]1. The lowest BCUT2D eigenvalue weighted by atomic mass is 9.92. The fourth-order valence-electron chi connectivity index (χ4n) is 2.83. The second-order valence-corrected chi connectivity index (χ2v) is 8.20. The Bertz CT molecular complexity index is 1110. The van der Waals surface area contributed by atoms with E-state index in [-0.39, 0.29) is 29.3 Å². The van der Waals surface area contributed by atoms with Gasteiger partial charge >= 0.3 is 0 Å². The molecule has 3 aromatic heterocycles. The van der Waals surface area contributed by atoms with Gasteiger partial charge in [0.05, 0.1) is 17.8 Å². The number of hydrogen-bond donors (Lipinski definition) is 2. The Kier molecular flexibility index (Phi) is 5.16. The molecule has 0 spiro atoms. The van der Waals surface area contributed by atoms with Crippen molar-refractivity contribution >= 4 is 11.7 Å². The first-order valence-electron chi connectivity index (χ1n) is 9.37. The third-order valence-electron chi connectivity index (χ3n) is 4.85. The average molecular weight is 398 g/mol. The molecule has 154 valence electrons. The molecule has 0 fully saturated rings. The molecular formula is C20H26N6O3. The van der Waals surface area contributed by atoms with Crippen LogP contribution >= 0.6 is 0 Å². The van der Waals surface area contributed by atoms with Gasteiger partial charge in [-0.25, -0.2) is 4.98 Å². The van der Waals surface area contributed by atoms with Gasteiger partial charge in [-0.3, -0.25) is 14.6 Å². The predicted molar refractivity (Wildman–Crippen MR) is 108 cm³/mol. The standard InChI is InChI=1S/C20H26N6O3/c1-10-11(2)21-19(23-18(10)28)26-16(9-15(24-26)20(5,6)7)22-17(27)8-14-12(3)25-29-13(14)4/h9H,8H2,1-7H3,(H,22,27)(H,21,23,28). The molecule has 0 saturated carbocycles. The van der Waals surface area contributed by atoms with E-state index in [2.05, 4.69) is 25.5 Å². The molecule has 1 amide bonds. The first-order valence-corrected chi connectivity index (χ1v) is 9.37. The highest BCUT2D eigenvalue weighted by molar-refractivity contribution is 5.92. The van der Waals surface area contributed by atoms with Crippen LogP contribution in [0.3, 0.4) is 0 Å². The molecule has 29 heavy (non-hydrogen) atoms. The second-order valence-electron chi connectivity index (χ2n) is 8.20. The fraction of sp³-hybridized carbons (Fsp3) is 0.450. The van der Waals surface area contributed by atoms with Crippen molar-refractivity contribution in [1.29, 1.82) is 0 Å². The lowest BCUT2D eigenvalue weighted by Gasteiger charge is -2.14. The zero-order valence-corrected chi connectivity index (χ0v) is 17.8. The summed E-state index contributed by atoms with van der Waals surface area (Å²) in [6.45, 7) is 13.1. The number of nitrogens with one attached hydrogen (secondary N) is 2. The molecule has 0 atom stereocenters. The normalized spacial score (nSPS) is 11.7. The van der Waals surface area contributed by atoms with Crippen LogP contribution < -0.4 is 10.9 Å². The molecule has 9 heteroatoms. The van der Waals surface area contributed by atoms with Crippen molar-refractivity contribution in [2.75, 3.05) is 5.32 Å². The van der Waals surface area contributed by atoms with Gasteiger partial charge in [0.15, 0.2) is 0 Å². The molecule has 0 aliphatic carbocycles. The van der Waals surface area contributed by atoms with E-state index in [4.69, 9.17) is 4.52 Å². The van der Waals surface area contributed by atoms with Crippen molar-refractivity contribution in [3.05, 3.63) is 50.4 Å². The summed E-state index contributed by atoms with van der Waals surface area (Å²) in [6, 6.07) is 1.79. The van der Waals surface area contributed by atoms with Crippen molar-refractivity contribution in [3.63, 3.8) is 0 Å². The maximum absolute atomic E-state index is 12.7. The highest BCUT2D eigenvalue weighted by Gasteiger charge is 2.23. The van der Waals surface area contributed by atoms with Crippen molar-refractivity contribution in [3.8, 4) is 5.95 Å². The number of aromatic nitrogens is 5. The zero-order valence-electron chi connectivity index (χ0n) is 17.8. The number of anilines is 1. The summed E-state index contributed by atoms with van der Waals surface area (Å²) in [5.41, 5.74) is 2.83. The molecule has 3 rings (SSSR count). The van der Waals surface area contributed by atoms with Crippen LogP contribution in [0.2, 0.25) is 0 Å². The van der Waals surface area contributed by atoms with E-state index in [0.717, 1.165) is 11.3 Å². The Morgan fingerprint density at radius 2 is 1.90 bits per heavy atom. The summed E-state index contributed by atoms with van der Waals surface area (Å²) in [6.07, 6.45) is 0.119. The monoisotopic (exact) mass is 398 g/mol. The van der Waals surface area contributed by atoms with E-state index < -0.39 is 0 Å². The largest absolute Gasteiger partial charge is 0.361 e. The van der Waals surface area contributed by atoms with Crippen molar-refractivity contribution in [2.24, 2.45) is 0 Å². The lowest BCUT2D eigenvalue weighted by Crippen LogP contribution is -2.22. The number of aryl methyl sites for hydroxylation is 3. The van der Waals surface area contributed by atoms with Crippen LogP contribution in [0.1, 0.15) is 54.7 Å². The van der Waals surface area contributed by atoms with Crippen LogP contribution in [0.4, 0.5) is 5.82 Å². The Morgan fingerprint density at radius 1 is 1.21 bits per heavy atom. The Labute approximate surface area is 168 Å². The van der Waals surface area contributed by atoms with Gasteiger partial charge in [0.1, 0.15) is 11.6 Å². The van der Waals surface area contributed by atoms with E-state index in [1.807, 2.05) is 20.8 Å². The molecule has 0 bridgehead atoms. The molecule has 9 nitrogen and oxygen atoms in total. The smallest absolute Gasteiger partial charge is 0.255 e. The van der Waals surface area contributed by atoms with Gasteiger partial charge in [-0.2, -0.15) is 9.78 Å². The first-order chi connectivity index (χ1) is 13.5. The molecule has 3 heterocycles. The second kappa shape index (κ2) is 7.31. The van der Waals surface area contributed by atoms with Gasteiger partial charge in [0.2, 0.25) is 11.9 Å². The topological polar surface area (TPSA) is 119 Å². The summed E-state index contributed by atoms with van der Waals surface area (Å²) >= 11 is 0. The van der Waals surface area contributed by atoms with Gasteiger partial charge in [-0.05, 0) is 27.7 Å². The van der Waals surface area contributed by atoms with Crippen LogP contribution in [-0.2, 0) is 16.6 Å². The van der Waals surface area contributed by atoms with Crippen molar-refractivity contribution in [1.82, 2.24) is 24.9 Å². The maximum atomic E-state index is 12.7. The number of amides is 1. The quantitative estimate of drug-likeness (QED) is 0.697. The fourth-order valence-corrected chi connectivity index (χ4v) is 2.83. The lowest BCUT2D eigenvalue weighted by molar-refractivity contribution is -0.115. The third-order valence-corrected chi connectivity index (χ3v) is 4.85. The van der Waals surface area contributed by atoms with Gasteiger partial charge < -0.3 is 9.84 Å². The van der Waals surface area contributed by atoms with Crippen LogP contribution in [0.25, 0.3) is 5.95 Å². The van der Waals surface area contributed by atoms with Gasteiger partial charge in [0, 0.05) is 28.3 Å². The van der Waals surface area contributed by atoms with Crippen LogP contribution in [0.5, 0.6) is 0 Å². The Morgan fingerprint density at radius 3 is 2.45 bits per heavy atom. The number of hydrogen-bond acceptors (Lipinski definition) is 6. The number of nitrogens with zero attached hydrogens (tertiary/aromatic N) is 4. The minimum atomic E-state index is -0.258. The highest BCUT2D eigenvalue weighted by Crippen LogP contribution is 2.25. The predicted octanol–water partition coefficient (Wildman–Crippen LogP) is 2.66. The molecule has 0 saturated heterocycles. The number of rotatable bonds is 4. The van der Waals surface area contributed by atoms with E-state index in [1.54, 1.807) is 33.8 Å². The number of carbonyl (C=O) groups excluding carboxylic acids is 1. The summed E-state index contributed by atoms with van der Waals surface area (Å²) in [7, 11) is 0. The van der Waals surface area contributed by atoms with Crippen molar-refractivity contribution in [2.45, 2.75) is 60.3 Å². The third kappa shape index (κ3) is 4.13. The highest BCUT2D eigenvalue weighted by atomic mass is 16.5. The van der Waals surface area contributed by atoms with E-state index in [9.17, 15) is 9.59 Å². The number of aromatic amines is 1. The summed E-state index contributed by atoms with van der Waals surface area (Å²) < 4.78 is 6.59. The van der Waals surface area contributed by atoms with E-state index in [1.165, 1.54) is 4.68 Å².